The van der Waals surface area contributed by atoms with Gasteiger partial charge in [-0.15, -0.1) is 0 Å². The Hall–Kier alpha value is -2.40. The van der Waals surface area contributed by atoms with E-state index in [-0.39, 0.29) is 46.4 Å². The molecule has 0 aliphatic heterocycles. The maximum absolute atomic E-state index is 13.4. The van der Waals surface area contributed by atoms with Crippen LogP contribution in [0.25, 0.3) is 11.3 Å². The van der Waals surface area contributed by atoms with Crippen LogP contribution in [0, 0.1) is 17.3 Å². The average molecular weight is 580 g/mol. The monoisotopic (exact) mass is 579 g/mol. The smallest absolute Gasteiger partial charge is 0.394 e. The highest BCUT2D eigenvalue weighted by Gasteiger charge is 2.47. The zero-order valence-electron chi connectivity index (χ0n) is 22.5. The van der Waals surface area contributed by atoms with Crippen molar-refractivity contribution >= 4 is 17.5 Å². The predicted octanol–water partition coefficient (Wildman–Crippen LogP) is 7.14. The Morgan fingerprint density at radius 3 is 2.46 bits per heavy atom. The molecule has 1 aromatic carbocycles. The first-order chi connectivity index (χ1) is 18.2. The summed E-state index contributed by atoms with van der Waals surface area (Å²) in [5, 5.41) is 7.13. The van der Waals surface area contributed by atoms with Gasteiger partial charge in [0.25, 0.3) is 5.91 Å². The van der Waals surface area contributed by atoms with Gasteiger partial charge >= 0.3 is 12.8 Å². The van der Waals surface area contributed by atoms with Crippen LogP contribution in [0.5, 0.6) is 5.75 Å². The lowest BCUT2D eigenvalue weighted by Crippen LogP contribution is -2.34. The molecule has 1 amide bonds. The average Bonchev–Trinajstić information content (AvgIpc) is 3.17. The first kappa shape index (κ1) is 31.1. The fraction of sp³-hybridized carbons (Fsp3) is 0.630. The van der Waals surface area contributed by atoms with E-state index in [0.29, 0.717) is 18.4 Å². The Balaban J connectivity index is 1.96. The third kappa shape index (κ3) is 7.84. The number of carbonyl (C=O) groups is 1. The lowest BCUT2D eigenvalue weighted by atomic mass is 9.83. The SMILES string of the molecule is COCCn1nc(C(=O)NCC2CCC(C)CC2)c(Cl)c1-c1ccc(CC(C)(C)C(F)(F)F)cc1OC(F)F. The van der Waals surface area contributed by atoms with Gasteiger partial charge in [0, 0.05) is 19.2 Å². The first-order valence-corrected chi connectivity index (χ1v) is 13.3. The van der Waals surface area contributed by atoms with Gasteiger partial charge in [-0.1, -0.05) is 51.3 Å². The van der Waals surface area contributed by atoms with E-state index in [1.54, 1.807) is 0 Å². The van der Waals surface area contributed by atoms with Gasteiger partial charge in [-0.2, -0.15) is 27.1 Å². The van der Waals surface area contributed by atoms with Gasteiger partial charge in [-0.05, 0) is 48.8 Å². The number of halogens is 6. The Kier molecular flexibility index (Phi) is 10.3. The number of ether oxygens (including phenoxy) is 2. The quantitative estimate of drug-likeness (QED) is 0.287. The fourth-order valence-corrected chi connectivity index (χ4v) is 5.04. The van der Waals surface area contributed by atoms with Crippen molar-refractivity contribution in [3.05, 3.63) is 34.5 Å². The summed E-state index contributed by atoms with van der Waals surface area (Å²) in [5.41, 5.74) is -1.84. The maximum atomic E-state index is 13.4. The molecule has 2 aromatic rings. The molecule has 1 aliphatic rings. The summed E-state index contributed by atoms with van der Waals surface area (Å²) in [6.07, 6.45) is -0.750. The third-order valence-electron chi connectivity index (χ3n) is 7.23. The van der Waals surface area contributed by atoms with Gasteiger partial charge in [0.15, 0.2) is 5.69 Å². The minimum absolute atomic E-state index is 0.0674. The fourth-order valence-electron chi connectivity index (χ4n) is 4.71. The van der Waals surface area contributed by atoms with E-state index < -0.39 is 30.5 Å². The molecule has 39 heavy (non-hydrogen) atoms. The molecule has 1 heterocycles. The molecule has 0 radical (unpaired) electrons. The highest BCUT2D eigenvalue weighted by atomic mass is 35.5. The topological polar surface area (TPSA) is 65.4 Å². The van der Waals surface area contributed by atoms with Crippen molar-refractivity contribution in [3.63, 3.8) is 0 Å². The van der Waals surface area contributed by atoms with Crippen LogP contribution < -0.4 is 10.1 Å². The molecule has 1 N–H and O–H groups in total. The number of alkyl halides is 5. The summed E-state index contributed by atoms with van der Waals surface area (Å²) < 4.78 is 78.3. The molecule has 1 fully saturated rings. The predicted molar refractivity (Wildman–Crippen MR) is 138 cm³/mol. The second-order valence-corrected chi connectivity index (χ2v) is 11.2. The lowest BCUT2D eigenvalue weighted by Gasteiger charge is -2.28. The van der Waals surface area contributed by atoms with Crippen molar-refractivity contribution in [1.82, 2.24) is 15.1 Å². The number of carbonyl (C=O) groups excluding carboxylic acids is 1. The van der Waals surface area contributed by atoms with Crippen molar-refractivity contribution in [2.24, 2.45) is 17.3 Å². The van der Waals surface area contributed by atoms with Gasteiger partial charge in [-0.3, -0.25) is 9.48 Å². The standard InChI is InChI=1S/C27H35ClF5N3O3/c1-16-5-7-17(8-6-16)15-34-24(37)22-21(28)23(36(35-22)11-12-38-4)19-10-9-18(13-20(19)39-25(29)30)14-26(2,3)27(31,32)33/h9-10,13,16-17,25H,5-8,11-12,14-15H2,1-4H3,(H,34,37). The van der Waals surface area contributed by atoms with E-state index in [2.05, 4.69) is 17.3 Å². The van der Waals surface area contributed by atoms with Crippen LogP contribution in [0.1, 0.15) is 62.5 Å². The summed E-state index contributed by atoms with van der Waals surface area (Å²) >= 11 is 6.62. The molecule has 1 aromatic heterocycles. The molecular weight excluding hydrogens is 545 g/mol. The molecule has 0 unspecified atom stereocenters. The van der Waals surface area contributed by atoms with E-state index >= 15 is 0 Å². The summed E-state index contributed by atoms with van der Waals surface area (Å²) in [6, 6.07) is 3.90. The van der Waals surface area contributed by atoms with Crippen LogP contribution in [0.3, 0.4) is 0 Å². The van der Waals surface area contributed by atoms with Gasteiger partial charge in [0.2, 0.25) is 0 Å². The maximum Gasteiger partial charge on any atom is 0.394 e. The lowest BCUT2D eigenvalue weighted by molar-refractivity contribution is -0.211. The number of rotatable bonds is 11. The molecular formula is C27H35ClF5N3O3. The van der Waals surface area contributed by atoms with Crippen LogP contribution in [-0.4, -0.2) is 48.7 Å². The molecule has 6 nitrogen and oxygen atoms in total. The summed E-state index contributed by atoms with van der Waals surface area (Å²) in [5.74, 6) is 0.139. The Labute approximate surface area is 230 Å². The number of hydrogen-bond donors (Lipinski definition) is 1. The molecule has 0 spiro atoms. The highest BCUT2D eigenvalue weighted by molar-refractivity contribution is 6.36. The zero-order chi connectivity index (χ0) is 29.0. The van der Waals surface area contributed by atoms with Crippen LogP contribution in [0.4, 0.5) is 22.0 Å². The number of aromatic nitrogens is 2. The van der Waals surface area contributed by atoms with Gasteiger partial charge in [-0.25, -0.2) is 0 Å². The van der Waals surface area contributed by atoms with E-state index in [4.69, 9.17) is 21.1 Å². The molecule has 218 valence electrons. The van der Waals surface area contributed by atoms with Crippen LogP contribution in [-0.2, 0) is 17.7 Å². The largest absolute Gasteiger partial charge is 0.434 e. The minimum atomic E-state index is -4.50. The van der Waals surface area contributed by atoms with Crippen molar-refractivity contribution in [2.45, 2.75) is 72.2 Å². The van der Waals surface area contributed by atoms with E-state index in [1.807, 2.05) is 0 Å². The molecule has 1 aliphatic carbocycles. The molecule has 12 heteroatoms. The van der Waals surface area contributed by atoms with Crippen molar-refractivity contribution in [3.8, 4) is 17.0 Å². The number of amides is 1. The molecule has 0 atom stereocenters. The summed E-state index contributed by atoms with van der Waals surface area (Å²) in [6.45, 7) is 1.80. The third-order valence-corrected chi connectivity index (χ3v) is 7.59. The number of methoxy groups -OCH3 is 1. The number of benzene rings is 1. The number of nitrogens with one attached hydrogen (secondary N) is 1. The van der Waals surface area contributed by atoms with Crippen molar-refractivity contribution in [1.29, 1.82) is 0 Å². The Bertz CT molecular complexity index is 1130. The van der Waals surface area contributed by atoms with Crippen LogP contribution in [0.15, 0.2) is 18.2 Å². The number of hydrogen-bond acceptors (Lipinski definition) is 4. The minimum Gasteiger partial charge on any atom is -0.434 e. The first-order valence-electron chi connectivity index (χ1n) is 12.9. The highest BCUT2D eigenvalue weighted by Crippen LogP contribution is 2.43. The molecule has 3 rings (SSSR count). The Morgan fingerprint density at radius 1 is 1.21 bits per heavy atom. The Morgan fingerprint density at radius 2 is 1.87 bits per heavy atom. The van der Waals surface area contributed by atoms with Gasteiger partial charge < -0.3 is 14.8 Å². The second-order valence-electron chi connectivity index (χ2n) is 10.8. The van der Waals surface area contributed by atoms with E-state index in [1.165, 1.54) is 23.9 Å². The van der Waals surface area contributed by atoms with Gasteiger partial charge in [0.05, 0.1) is 29.3 Å². The molecule has 0 bridgehead atoms. The summed E-state index contributed by atoms with van der Waals surface area (Å²) in [4.78, 5) is 13.1. The van der Waals surface area contributed by atoms with Crippen molar-refractivity contribution in [2.75, 3.05) is 20.3 Å². The van der Waals surface area contributed by atoms with E-state index in [9.17, 15) is 26.7 Å². The number of nitrogens with zero attached hydrogens (tertiary/aromatic N) is 2. The zero-order valence-corrected chi connectivity index (χ0v) is 23.3. The molecule has 1 saturated carbocycles. The van der Waals surface area contributed by atoms with Crippen LogP contribution >= 0.6 is 11.6 Å². The second kappa shape index (κ2) is 12.8. The molecule has 0 saturated heterocycles. The van der Waals surface area contributed by atoms with E-state index in [0.717, 1.165) is 45.6 Å². The van der Waals surface area contributed by atoms with Gasteiger partial charge in [0.1, 0.15) is 5.75 Å². The van der Waals surface area contributed by atoms with Crippen LogP contribution in [0.2, 0.25) is 5.02 Å². The van der Waals surface area contributed by atoms with Crippen molar-refractivity contribution < 1.29 is 36.2 Å². The summed E-state index contributed by atoms with van der Waals surface area (Å²) in [7, 11) is 1.46. The normalized spacial score (nSPS) is 18.4.